The van der Waals surface area contributed by atoms with E-state index in [-0.39, 0.29) is 29.7 Å². The molecule has 0 saturated heterocycles. The molecule has 0 bridgehead atoms. The number of thiophene rings is 1. The lowest BCUT2D eigenvalue weighted by Gasteiger charge is -2.26. The standard InChI is InChI=1S/C38H25NS/c1-2-8-26(9-3-1)27-16-18-30(19-17-27)39(32-21-23-38-36(25-32)35-12-6-7-13-37(35)40-38)31-20-22-34-29(24-31)15-14-28-10-4-5-11-33(28)34/h1-25H/i1D,2D,3D,8D,9D. The van der Waals surface area contributed by atoms with Crippen molar-refractivity contribution in [3.05, 3.63) is 152 Å². The Morgan fingerprint density at radius 3 is 1.98 bits per heavy atom. The first-order valence-electron chi connectivity index (χ1n) is 15.7. The van der Waals surface area contributed by atoms with Gasteiger partial charge in [0.05, 0.1) is 6.85 Å². The lowest BCUT2D eigenvalue weighted by molar-refractivity contribution is 1.30. The Morgan fingerprint density at radius 2 is 1.10 bits per heavy atom. The van der Waals surface area contributed by atoms with Crippen LogP contribution in [0.5, 0.6) is 0 Å². The summed E-state index contributed by atoms with van der Waals surface area (Å²) >= 11 is 1.78. The molecule has 188 valence electrons. The molecule has 0 fully saturated rings. The molecular formula is C38H25NS. The van der Waals surface area contributed by atoms with Crippen LogP contribution in [0.15, 0.2) is 152 Å². The van der Waals surface area contributed by atoms with Gasteiger partial charge in [-0.05, 0) is 81.2 Å². The van der Waals surface area contributed by atoms with Gasteiger partial charge >= 0.3 is 0 Å². The van der Waals surface area contributed by atoms with Crippen LogP contribution in [0.25, 0.3) is 52.8 Å². The van der Waals surface area contributed by atoms with E-state index < -0.39 is 6.04 Å². The molecule has 0 amide bonds. The zero-order valence-corrected chi connectivity index (χ0v) is 22.2. The molecule has 0 spiro atoms. The van der Waals surface area contributed by atoms with Gasteiger partial charge in [0.15, 0.2) is 0 Å². The van der Waals surface area contributed by atoms with E-state index in [9.17, 15) is 0 Å². The highest BCUT2D eigenvalue weighted by Crippen LogP contribution is 2.42. The molecule has 7 aromatic carbocycles. The van der Waals surface area contributed by atoms with Gasteiger partial charge in [0.25, 0.3) is 0 Å². The highest BCUT2D eigenvalue weighted by Gasteiger charge is 2.16. The van der Waals surface area contributed by atoms with Gasteiger partial charge in [0.2, 0.25) is 0 Å². The largest absolute Gasteiger partial charge is 0.310 e. The average Bonchev–Trinajstić information content (AvgIpc) is 3.45. The number of rotatable bonds is 4. The summed E-state index contributed by atoms with van der Waals surface area (Å²) in [7, 11) is 0. The molecule has 1 nitrogen and oxygen atoms in total. The maximum atomic E-state index is 8.46. The highest BCUT2D eigenvalue weighted by molar-refractivity contribution is 7.25. The van der Waals surface area contributed by atoms with Crippen LogP contribution in [0.3, 0.4) is 0 Å². The number of nitrogens with zero attached hydrogens (tertiary/aromatic N) is 1. The van der Waals surface area contributed by atoms with Gasteiger partial charge < -0.3 is 4.90 Å². The summed E-state index contributed by atoms with van der Waals surface area (Å²) in [6.45, 7) is 0. The minimum absolute atomic E-state index is 0.197. The van der Waals surface area contributed by atoms with Crippen molar-refractivity contribution >= 4 is 70.1 Å². The molecule has 0 aliphatic rings. The summed E-state index contributed by atoms with van der Waals surface area (Å²) in [5, 5.41) is 7.15. The second-order valence-corrected chi connectivity index (χ2v) is 10.9. The smallest absolute Gasteiger partial charge is 0.0629 e. The Morgan fingerprint density at radius 1 is 0.450 bits per heavy atom. The molecule has 8 rings (SSSR count). The summed E-state index contributed by atoms with van der Waals surface area (Å²) in [6, 6.07) is 40.4. The maximum Gasteiger partial charge on any atom is 0.0629 e. The van der Waals surface area contributed by atoms with Gasteiger partial charge in [0.1, 0.15) is 0 Å². The van der Waals surface area contributed by atoms with Gasteiger partial charge in [-0.25, -0.2) is 0 Å². The molecule has 2 heteroatoms. The van der Waals surface area contributed by atoms with E-state index >= 15 is 0 Å². The molecule has 0 radical (unpaired) electrons. The van der Waals surface area contributed by atoms with Crippen molar-refractivity contribution in [1.29, 1.82) is 0 Å². The fourth-order valence-corrected chi connectivity index (χ4v) is 6.70. The second-order valence-electron chi connectivity index (χ2n) is 9.85. The summed E-state index contributed by atoms with van der Waals surface area (Å²) in [5.41, 5.74) is 3.65. The van der Waals surface area contributed by atoms with Crippen molar-refractivity contribution in [2.24, 2.45) is 0 Å². The molecule has 0 unspecified atom stereocenters. The molecule has 40 heavy (non-hydrogen) atoms. The molecule has 0 saturated carbocycles. The van der Waals surface area contributed by atoms with Crippen LogP contribution in [0.2, 0.25) is 0 Å². The van der Waals surface area contributed by atoms with Crippen molar-refractivity contribution in [3.8, 4) is 11.1 Å². The Labute approximate surface area is 244 Å². The van der Waals surface area contributed by atoms with E-state index in [1.54, 1.807) is 11.3 Å². The third-order valence-electron chi connectivity index (χ3n) is 7.52. The Kier molecular flexibility index (Phi) is 4.31. The van der Waals surface area contributed by atoms with Crippen LogP contribution in [-0.4, -0.2) is 0 Å². The monoisotopic (exact) mass is 532 g/mol. The summed E-state index contributed by atoms with van der Waals surface area (Å²) < 4.78 is 43.6. The Bertz CT molecular complexity index is 2420. The number of benzene rings is 7. The van der Waals surface area contributed by atoms with Crippen LogP contribution in [0, 0.1) is 0 Å². The van der Waals surface area contributed by atoms with Crippen LogP contribution in [0.1, 0.15) is 6.85 Å². The summed E-state index contributed by atoms with van der Waals surface area (Å²) in [6.07, 6.45) is 0. The maximum absolute atomic E-state index is 8.46. The SMILES string of the molecule is [2H]c1c([2H])c([2H])c(-c2ccc(N(c3ccc4c(ccc5ccccc54)c3)c3ccc4sc5ccccc5c4c3)cc2)c([2H])c1[2H]. The first-order valence-corrected chi connectivity index (χ1v) is 14.0. The predicted molar refractivity (Wildman–Crippen MR) is 174 cm³/mol. The topological polar surface area (TPSA) is 3.24 Å². The van der Waals surface area contributed by atoms with Crippen molar-refractivity contribution in [2.75, 3.05) is 4.90 Å². The van der Waals surface area contributed by atoms with E-state index in [0.29, 0.717) is 5.56 Å². The van der Waals surface area contributed by atoms with Crippen LogP contribution < -0.4 is 4.90 Å². The van der Waals surface area contributed by atoms with E-state index in [1.165, 1.54) is 36.3 Å². The van der Waals surface area contributed by atoms with Crippen molar-refractivity contribution in [2.45, 2.75) is 0 Å². The molecule has 0 atom stereocenters. The van der Waals surface area contributed by atoms with Crippen LogP contribution in [0.4, 0.5) is 17.1 Å². The number of hydrogen-bond donors (Lipinski definition) is 0. The zero-order chi connectivity index (χ0) is 30.8. The molecule has 1 heterocycles. The number of anilines is 3. The fraction of sp³-hybridized carbons (Fsp3) is 0. The quantitative estimate of drug-likeness (QED) is 0.204. The number of fused-ring (bicyclic) bond motifs is 6. The lowest BCUT2D eigenvalue weighted by Crippen LogP contribution is -2.09. The second kappa shape index (κ2) is 9.37. The average molecular weight is 533 g/mol. The van der Waals surface area contributed by atoms with Gasteiger partial charge in [-0.15, -0.1) is 11.3 Å². The minimum Gasteiger partial charge on any atom is -0.310 e. The van der Waals surface area contributed by atoms with E-state index in [4.69, 9.17) is 6.85 Å². The first kappa shape index (κ1) is 18.4. The van der Waals surface area contributed by atoms with Crippen molar-refractivity contribution in [3.63, 3.8) is 0 Å². The highest BCUT2D eigenvalue weighted by atomic mass is 32.1. The molecule has 0 aliphatic carbocycles. The lowest BCUT2D eigenvalue weighted by atomic mass is 10.0. The third kappa shape index (κ3) is 3.85. The van der Waals surface area contributed by atoms with Gasteiger partial charge in [0, 0.05) is 37.2 Å². The van der Waals surface area contributed by atoms with Crippen molar-refractivity contribution in [1.82, 2.24) is 0 Å². The van der Waals surface area contributed by atoms with Gasteiger partial charge in [-0.2, -0.15) is 0 Å². The zero-order valence-electron chi connectivity index (χ0n) is 26.4. The van der Waals surface area contributed by atoms with Gasteiger partial charge in [-0.1, -0.05) is 103 Å². The first-order chi connectivity index (χ1) is 21.9. The minimum atomic E-state index is -0.392. The Balaban J connectivity index is 1.32. The summed E-state index contributed by atoms with van der Waals surface area (Å²) in [5.74, 6) is 0. The molecule has 0 N–H and O–H groups in total. The molecule has 0 aliphatic heterocycles. The summed E-state index contributed by atoms with van der Waals surface area (Å²) in [4.78, 5) is 2.21. The van der Waals surface area contributed by atoms with Crippen LogP contribution in [-0.2, 0) is 0 Å². The van der Waals surface area contributed by atoms with E-state index in [2.05, 4.69) is 102 Å². The Hall–Kier alpha value is -4.92. The molecule has 8 aromatic rings. The van der Waals surface area contributed by atoms with E-state index in [1.807, 2.05) is 24.3 Å². The van der Waals surface area contributed by atoms with Crippen LogP contribution >= 0.6 is 11.3 Å². The van der Waals surface area contributed by atoms with E-state index in [0.717, 1.165) is 22.4 Å². The molecule has 1 aromatic heterocycles. The number of hydrogen-bond acceptors (Lipinski definition) is 2. The normalized spacial score (nSPS) is 13.2. The van der Waals surface area contributed by atoms with Crippen molar-refractivity contribution < 1.29 is 6.85 Å². The molecular weight excluding hydrogens is 502 g/mol. The third-order valence-corrected chi connectivity index (χ3v) is 8.67. The fourth-order valence-electron chi connectivity index (χ4n) is 5.61. The van der Waals surface area contributed by atoms with Gasteiger partial charge in [-0.3, -0.25) is 0 Å². The predicted octanol–water partition coefficient (Wildman–Crippen LogP) is 11.5.